The van der Waals surface area contributed by atoms with E-state index in [-0.39, 0.29) is 17.8 Å². The molecule has 1 amide bonds. The van der Waals surface area contributed by atoms with Crippen molar-refractivity contribution in [3.63, 3.8) is 0 Å². The molecule has 0 aliphatic carbocycles. The average Bonchev–Trinajstić information content (AvgIpc) is 2.72. The van der Waals surface area contributed by atoms with Crippen molar-refractivity contribution in [2.75, 3.05) is 24.2 Å². The number of para-hydroxylation sites is 1. The highest BCUT2D eigenvalue weighted by Gasteiger charge is 2.24. The zero-order chi connectivity index (χ0) is 23.1. The zero-order valence-electron chi connectivity index (χ0n) is 19.5. The van der Waals surface area contributed by atoms with E-state index in [9.17, 15) is 4.79 Å². The third-order valence-electron chi connectivity index (χ3n) is 4.09. The van der Waals surface area contributed by atoms with Gasteiger partial charge in [0.15, 0.2) is 0 Å². The molecule has 0 saturated carbocycles. The first-order valence-corrected chi connectivity index (χ1v) is 7.79. The van der Waals surface area contributed by atoms with Gasteiger partial charge in [-0.25, -0.2) is 0 Å². The molecule has 1 aliphatic heterocycles. The minimum absolute atomic E-state index is 0.00216. The minimum atomic E-state index is -2.67. The third kappa shape index (κ3) is 2.63. The van der Waals surface area contributed by atoms with Crippen LogP contribution in [0.1, 0.15) is 24.3 Å². The Balaban J connectivity index is 1.81. The van der Waals surface area contributed by atoms with Gasteiger partial charge in [0.1, 0.15) is 0 Å². The lowest BCUT2D eigenvalue weighted by molar-refractivity contribution is 0.0963. The molecule has 0 atom stereocenters. The molecule has 0 unspecified atom stereocenters. The number of carbonyl (C=O) groups is 1. The molecule has 4 rings (SSSR count). The quantitative estimate of drug-likeness (QED) is 0.754. The van der Waals surface area contributed by atoms with Crippen LogP contribution in [0.4, 0.5) is 17.1 Å². The Morgan fingerprint density at radius 2 is 2.12 bits per heavy atom. The van der Waals surface area contributed by atoms with Crippen molar-refractivity contribution in [2.45, 2.75) is 6.54 Å². The fraction of sp³-hybridized carbons (Fsp3) is 0.158. The molecule has 7 heteroatoms. The monoisotopic (exact) mass is 352 g/mol. The first-order valence-electron chi connectivity index (χ1n) is 10.8. The van der Waals surface area contributed by atoms with Crippen LogP contribution < -0.4 is 15.5 Å². The summed E-state index contributed by atoms with van der Waals surface area (Å²) in [5.74, 6) is -0.839. The summed E-state index contributed by atoms with van der Waals surface area (Å²) in [4.78, 5) is 26.3. The van der Waals surface area contributed by atoms with Gasteiger partial charge in [0.2, 0.25) is 0 Å². The fourth-order valence-corrected chi connectivity index (χ4v) is 2.96. The fourth-order valence-electron chi connectivity index (χ4n) is 2.96. The molecule has 0 bridgehead atoms. The van der Waals surface area contributed by atoms with Gasteiger partial charge in [-0.15, -0.1) is 0 Å². The van der Waals surface area contributed by atoms with Crippen LogP contribution in [0.15, 0.2) is 49.1 Å². The molecule has 2 N–H and O–H groups in total. The van der Waals surface area contributed by atoms with Crippen LogP contribution in [-0.4, -0.2) is 34.8 Å². The summed E-state index contributed by atoms with van der Waals surface area (Å²) < 4.78 is 45.9. The number of nitrogens with zero attached hydrogens (tertiary/aromatic N) is 4. The topological polar surface area (TPSA) is 83.0 Å². The van der Waals surface area contributed by atoms with Crippen molar-refractivity contribution in [3.8, 4) is 11.3 Å². The standard InChI is InChI=1S/C19H18N6O/c1-20-19(26)13-10-21-7-6-14(13)24-15-5-3-4-12-17-16(22-8-9-23-17)11-25(2)18(12)15/h3-10H,11H2,1-2H3,(H,20,26)(H,21,24)/i1D3,2D3. The Morgan fingerprint density at radius 1 is 1.19 bits per heavy atom. The van der Waals surface area contributed by atoms with E-state index in [0.29, 0.717) is 28.3 Å². The van der Waals surface area contributed by atoms with Crippen LogP contribution in [-0.2, 0) is 6.54 Å². The molecule has 2 aromatic heterocycles. The van der Waals surface area contributed by atoms with E-state index in [2.05, 4.69) is 20.3 Å². The number of benzene rings is 1. The van der Waals surface area contributed by atoms with Gasteiger partial charge in [-0.2, -0.15) is 0 Å². The van der Waals surface area contributed by atoms with Gasteiger partial charge < -0.3 is 15.5 Å². The van der Waals surface area contributed by atoms with Crippen molar-refractivity contribution < 1.29 is 13.0 Å². The summed E-state index contributed by atoms with van der Waals surface area (Å²) in [5.41, 5.74) is 2.73. The second-order valence-electron chi connectivity index (χ2n) is 5.64. The van der Waals surface area contributed by atoms with E-state index >= 15 is 0 Å². The lowest BCUT2D eigenvalue weighted by Crippen LogP contribution is -2.24. The second kappa shape index (κ2) is 6.44. The van der Waals surface area contributed by atoms with Crippen LogP contribution >= 0.6 is 0 Å². The smallest absolute Gasteiger partial charge is 0.254 e. The minimum Gasteiger partial charge on any atom is -0.366 e. The molecule has 26 heavy (non-hydrogen) atoms. The number of rotatable bonds is 3. The second-order valence-corrected chi connectivity index (χ2v) is 5.64. The zero-order valence-corrected chi connectivity index (χ0v) is 13.5. The van der Waals surface area contributed by atoms with Crippen LogP contribution in [0, 0.1) is 0 Å². The van der Waals surface area contributed by atoms with Crippen molar-refractivity contribution in [2.24, 2.45) is 0 Å². The largest absolute Gasteiger partial charge is 0.366 e. The van der Waals surface area contributed by atoms with Gasteiger partial charge in [-0.05, 0) is 12.1 Å². The first kappa shape index (κ1) is 10.5. The van der Waals surface area contributed by atoms with Crippen LogP contribution in [0.5, 0.6) is 0 Å². The molecule has 0 radical (unpaired) electrons. The number of fused-ring (bicyclic) bond motifs is 3. The van der Waals surface area contributed by atoms with Gasteiger partial charge in [0, 0.05) is 52.5 Å². The lowest BCUT2D eigenvalue weighted by Gasteiger charge is -2.30. The summed E-state index contributed by atoms with van der Waals surface area (Å²) in [6, 6.07) is 6.65. The van der Waals surface area contributed by atoms with Crippen LogP contribution in [0.3, 0.4) is 0 Å². The van der Waals surface area contributed by atoms with E-state index in [1.807, 2.05) is 5.32 Å². The summed E-state index contributed by atoms with van der Waals surface area (Å²) in [6.45, 7) is -5.12. The Labute approximate surface area is 159 Å². The van der Waals surface area contributed by atoms with E-state index in [1.165, 1.54) is 35.8 Å². The molecule has 0 spiro atoms. The number of aromatic nitrogens is 3. The van der Waals surface area contributed by atoms with Crippen LogP contribution in [0.2, 0.25) is 0 Å². The maximum Gasteiger partial charge on any atom is 0.254 e. The van der Waals surface area contributed by atoms with E-state index in [1.54, 1.807) is 18.2 Å². The molecule has 0 saturated heterocycles. The number of amides is 1. The maximum absolute atomic E-state index is 12.5. The number of carbonyl (C=O) groups excluding carboxylic acids is 1. The van der Waals surface area contributed by atoms with Gasteiger partial charge >= 0.3 is 0 Å². The first-order chi connectivity index (χ1) is 15.0. The predicted octanol–water partition coefficient (Wildman–Crippen LogP) is 2.59. The highest BCUT2D eigenvalue weighted by molar-refractivity contribution is 6.01. The van der Waals surface area contributed by atoms with Gasteiger partial charge in [-0.1, -0.05) is 12.1 Å². The Kier molecular flexibility index (Phi) is 2.60. The molecular weight excluding hydrogens is 328 g/mol. The number of hydrogen-bond acceptors (Lipinski definition) is 6. The molecular formula is C19H18N6O. The molecule has 3 heterocycles. The van der Waals surface area contributed by atoms with Gasteiger partial charge in [0.05, 0.1) is 40.6 Å². The maximum atomic E-state index is 12.5. The Morgan fingerprint density at radius 3 is 3.00 bits per heavy atom. The highest BCUT2D eigenvalue weighted by Crippen LogP contribution is 2.42. The molecule has 7 nitrogen and oxygen atoms in total. The molecule has 130 valence electrons. The number of nitrogens with one attached hydrogen (secondary N) is 2. The number of hydrogen-bond donors (Lipinski definition) is 2. The summed E-state index contributed by atoms with van der Waals surface area (Å²) in [7, 11) is 0. The van der Waals surface area contributed by atoms with Gasteiger partial charge in [0.25, 0.3) is 5.91 Å². The summed E-state index contributed by atoms with van der Waals surface area (Å²) >= 11 is 0. The van der Waals surface area contributed by atoms with Gasteiger partial charge in [-0.3, -0.25) is 19.7 Å². The number of anilines is 3. The third-order valence-corrected chi connectivity index (χ3v) is 4.09. The van der Waals surface area contributed by atoms with Crippen molar-refractivity contribution >= 4 is 23.0 Å². The van der Waals surface area contributed by atoms with Crippen molar-refractivity contribution in [1.82, 2.24) is 20.3 Å². The Hall–Kier alpha value is -3.48. The van der Waals surface area contributed by atoms with E-state index < -0.39 is 19.9 Å². The molecule has 0 fully saturated rings. The highest BCUT2D eigenvalue weighted by atomic mass is 16.1. The average molecular weight is 352 g/mol. The SMILES string of the molecule is [2H]C([2H])([2H])NC(=O)c1cnccc1Nc1cccc2c1N(C([2H])([2H])[2H])Cc1nccnc1-2. The summed E-state index contributed by atoms with van der Waals surface area (Å²) in [6.07, 6.45) is 5.72. The normalized spacial score (nSPS) is 16.5. The lowest BCUT2D eigenvalue weighted by atomic mass is 10.0. The molecule has 3 aromatic rings. The Bertz CT molecular complexity index is 1180. The summed E-state index contributed by atoms with van der Waals surface area (Å²) in [5, 5.41) is 5.01. The molecule has 1 aliphatic rings. The van der Waals surface area contributed by atoms with Crippen molar-refractivity contribution in [1.29, 1.82) is 0 Å². The predicted molar refractivity (Wildman–Crippen MR) is 100 cm³/mol. The number of pyridine rings is 1. The van der Waals surface area contributed by atoms with E-state index in [0.717, 1.165) is 0 Å². The van der Waals surface area contributed by atoms with Crippen LogP contribution in [0.25, 0.3) is 11.3 Å². The molecule has 1 aromatic carbocycles. The van der Waals surface area contributed by atoms with Crippen molar-refractivity contribution in [3.05, 3.63) is 60.3 Å². The van der Waals surface area contributed by atoms with E-state index in [4.69, 9.17) is 8.22 Å².